The van der Waals surface area contributed by atoms with Crippen molar-refractivity contribution in [2.24, 2.45) is 16.7 Å². The molecule has 0 bridgehead atoms. The number of hydrogen-bond acceptors (Lipinski definition) is 7. The van der Waals surface area contributed by atoms with E-state index in [1.807, 2.05) is 48.7 Å². The fraction of sp³-hybridized carbons (Fsp3) is 0.531. The van der Waals surface area contributed by atoms with E-state index in [-0.39, 0.29) is 47.5 Å². The lowest BCUT2D eigenvalue weighted by atomic mass is 9.47. The molecule has 1 saturated carbocycles. The van der Waals surface area contributed by atoms with Crippen LogP contribution in [-0.2, 0) is 23.2 Å². The standard InChI is InChI=1S/C32H41N3O4S2/c1-30(2,3)20-10-8-19(9-11-20)28(39)35-29-34-27-22(15-26(38)33-17-21-7-6-14-40-21)31(4)13-12-25(37)32(5,18-36)24(31)16-23(27)41-29/h6-11,14,22,24-25,36-37H,12-13,15-18H2,1-5H3,(H,33,38)(H,34,35,39). The van der Waals surface area contributed by atoms with E-state index in [2.05, 4.69) is 38.3 Å². The smallest absolute Gasteiger partial charge is 0.257 e. The molecule has 2 heterocycles. The maximum absolute atomic E-state index is 13.3. The van der Waals surface area contributed by atoms with Crippen LogP contribution in [0.15, 0.2) is 41.8 Å². The molecule has 1 fully saturated rings. The minimum Gasteiger partial charge on any atom is -0.396 e. The molecule has 5 rings (SSSR count). The van der Waals surface area contributed by atoms with Crippen molar-refractivity contribution in [1.82, 2.24) is 10.3 Å². The number of nitrogens with zero attached hydrogens (tertiary/aromatic N) is 1. The van der Waals surface area contributed by atoms with Crippen LogP contribution in [0, 0.1) is 16.7 Å². The van der Waals surface area contributed by atoms with Gasteiger partial charge in [-0.3, -0.25) is 14.9 Å². The van der Waals surface area contributed by atoms with Gasteiger partial charge in [0.25, 0.3) is 5.91 Å². The molecule has 7 nitrogen and oxygen atoms in total. The Bertz CT molecular complexity index is 1400. The van der Waals surface area contributed by atoms with Gasteiger partial charge < -0.3 is 15.5 Å². The molecule has 0 aliphatic heterocycles. The Labute approximate surface area is 250 Å². The number of aromatic nitrogens is 1. The third kappa shape index (κ3) is 5.74. The topological polar surface area (TPSA) is 112 Å². The van der Waals surface area contributed by atoms with E-state index in [1.165, 1.54) is 11.3 Å². The average molecular weight is 596 g/mol. The number of anilines is 1. The third-order valence-corrected chi connectivity index (χ3v) is 11.4. The quantitative estimate of drug-likeness (QED) is 0.273. The van der Waals surface area contributed by atoms with Gasteiger partial charge in [0.15, 0.2) is 5.13 Å². The highest BCUT2D eigenvalue weighted by atomic mass is 32.1. The van der Waals surface area contributed by atoms with Gasteiger partial charge >= 0.3 is 0 Å². The highest BCUT2D eigenvalue weighted by molar-refractivity contribution is 7.16. The Morgan fingerprint density at radius 3 is 2.51 bits per heavy atom. The summed E-state index contributed by atoms with van der Waals surface area (Å²) >= 11 is 3.05. The number of hydrogen-bond donors (Lipinski definition) is 4. The van der Waals surface area contributed by atoms with Gasteiger partial charge in [0.05, 0.1) is 24.9 Å². The van der Waals surface area contributed by atoms with Crippen molar-refractivity contribution in [2.45, 2.75) is 84.3 Å². The average Bonchev–Trinajstić information content (AvgIpc) is 3.60. The Kier molecular flexibility index (Phi) is 8.20. The van der Waals surface area contributed by atoms with Crippen LogP contribution in [0.4, 0.5) is 5.13 Å². The summed E-state index contributed by atoms with van der Waals surface area (Å²) in [7, 11) is 0. The predicted molar refractivity (Wildman–Crippen MR) is 164 cm³/mol. The van der Waals surface area contributed by atoms with Crippen LogP contribution in [-0.4, -0.2) is 39.7 Å². The van der Waals surface area contributed by atoms with E-state index < -0.39 is 11.5 Å². The van der Waals surface area contributed by atoms with Crippen LogP contribution in [0.25, 0.3) is 0 Å². The highest BCUT2D eigenvalue weighted by Crippen LogP contribution is 2.62. The molecule has 9 heteroatoms. The van der Waals surface area contributed by atoms with Gasteiger partial charge in [0.2, 0.25) is 5.91 Å². The van der Waals surface area contributed by atoms with E-state index in [9.17, 15) is 19.8 Å². The Balaban J connectivity index is 1.43. The van der Waals surface area contributed by atoms with E-state index in [0.29, 0.717) is 30.1 Å². The summed E-state index contributed by atoms with van der Waals surface area (Å²) in [5.74, 6) is -0.516. The van der Waals surface area contributed by atoms with Crippen molar-refractivity contribution >= 4 is 39.6 Å². The second-order valence-electron chi connectivity index (χ2n) is 13.2. The van der Waals surface area contributed by atoms with Crippen LogP contribution in [0.5, 0.6) is 0 Å². The number of thiophene rings is 1. The Morgan fingerprint density at radius 2 is 1.88 bits per heavy atom. The number of carbonyl (C=O) groups excluding carboxylic acids is 2. The predicted octanol–water partition coefficient (Wildman–Crippen LogP) is 5.88. The first-order valence-electron chi connectivity index (χ1n) is 14.3. The molecule has 41 heavy (non-hydrogen) atoms. The molecule has 220 valence electrons. The Hall–Kier alpha value is -2.59. The number of aliphatic hydroxyl groups excluding tert-OH is 2. The van der Waals surface area contributed by atoms with Crippen LogP contribution >= 0.6 is 22.7 Å². The summed E-state index contributed by atoms with van der Waals surface area (Å²) in [6.45, 7) is 10.9. The second-order valence-corrected chi connectivity index (χ2v) is 15.3. The number of fused-ring (bicyclic) bond motifs is 2. The number of aliphatic hydroxyl groups is 2. The first-order chi connectivity index (χ1) is 19.3. The van der Waals surface area contributed by atoms with Gasteiger partial charge in [-0.1, -0.05) is 52.8 Å². The number of carbonyl (C=O) groups is 2. The molecule has 2 aromatic heterocycles. The summed E-state index contributed by atoms with van der Waals surface area (Å²) in [6.07, 6.45) is 1.57. The van der Waals surface area contributed by atoms with Crippen molar-refractivity contribution in [3.05, 3.63) is 68.4 Å². The Morgan fingerprint density at radius 1 is 1.15 bits per heavy atom. The van der Waals surface area contributed by atoms with Crippen LogP contribution < -0.4 is 10.6 Å². The number of rotatable bonds is 7. The van der Waals surface area contributed by atoms with Crippen molar-refractivity contribution in [3.63, 3.8) is 0 Å². The van der Waals surface area contributed by atoms with Crippen LogP contribution in [0.2, 0.25) is 0 Å². The number of amides is 2. The maximum Gasteiger partial charge on any atom is 0.257 e. The van der Waals surface area contributed by atoms with E-state index in [4.69, 9.17) is 4.98 Å². The largest absolute Gasteiger partial charge is 0.396 e. The molecule has 0 radical (unpaired) electrons. The van der Waals surface area contributed by atoms with Crippen molar-refractivity contribution in [3.8, 4) is 0 Å². The first-order valence-corrected chi connectivity index (χ1v) is 16.0. The fourth-order valence-electron chi connectivity index (χ4n) is 6.85. The molecule has 5 atom stereocenters. The van der Waals surface area contributed by atoms with Crippen molar-refractivity contribution in [2.75, 3.05) is 11.9 Å². The fourth-order valence-corrected chi connectivity index (χ4v) is 8.55. The van der Waals surface area contributed by atoms with Crippen LogP contribution in [0.3, 0.4) is 0 Å². The lowest BCUT2D eigenvalue weighted by Gasteiger charge is -2.58. The van der Waals surface area contributed by atoms with Gasteiger partial charge in [0.1, 0.15) is 0 Å². The van der Waals surface area contributed by atoms with Crippen LogP contribution in [0.1, 0.15) is 91.2 Å². The zero-order valence-corrected chi connectivity index (χ0v) is 26.1. The van der Waals surface area contributed by atoms with Gasteiger partial charge in [-0.25, -0.2) is 4.98 Å². The van der Waals surface area contributed by atoms with Crippen molar-refractivity contribution < 1.29 is 19.8 Å². The number of thiazole rings is 1. The summed E-state index contributed by atoms with van der Waals surface area (Å²) in [6, 6.07) is 11.6. The molecule has 4 N–H and O–H groups in total. The molecular formula is C32H41N3O4S2. The van der Waals surface area contributed by atoms with E-state index in [0.717, 1.165) is 27.4 Å². The molecule has 2 aliphatic carbocycles. The zero-order valence-electron chi connectivity index (χ0n) is 24.5. The molecule has 0 spiro atoms. The number of benzene rings is 1. The van der Waals surface area contributed by atoms with Gasteiger partial charge in [-0.2, -0.15) is 0 Å². The van der Waals surface area contributed by atoms with Gasteiger partial charge in [-0.05, 0) is 65.2 Å². The molecule has 2 aliphatic rings. The molecule has 2 amide bonds. The second kappa shape index (κ2) is 11.2. The molecule has 0 saturated heterocycles. The molecule has 3 aromatic rings. The monoisotopic (exact) mass is 595 g/mol. The molecule has 1 aromatic carbocycles. The zero-order chi connectivity index (χ0) is 29.6. The van der Waals surface area contributed by atoms with Gasteiger partial charge in [-0.15, -0.1) is 22.7 Å². The maximum atomic E-state index is 13.3. The van der Waals surface area contributed by atoms with E-state index >= 15 is 0 Å². The SMILES string of the molecule is CC(C)(C)c1ccc(C(=O)Nc2nc3c(s2)CC2C(C)(CO)C(O)CCC2(C)C3CC(=O)NCc2cccs2)cc1. The summed E-state index contributed by atoms with van der Waals surface area (Å²) in [5, 5.41) is 30.1. The lowest BCUT2D eigenvalue weighted by Crippen LogP contribution is -2.57. The highest BCUT2D eigenvalue weighted by Gasteiger charge is 2.59. The van der Waals surface area contributed by atoms with E-state index in [1.54, 1.807) is 11.3 Å². The molecular weight excluding hydrogens is 555 g/mol. The number of nitrogens with one attached hydrogen (secondary N) is 2. The third-order valence-electron chi connectivity index (χ3n) is 9.56. The minimum absolute atomic E-state index is 0.00201. The normalized spacial score (nSPS) is 27.5. The van der Waals surface area contributed by atoms with Crippen molar-refractivity contribution in [1.29, 1.82) is 0 Å². The lowest BCUT2D eigenvalue weighted by molar-refractivity contribution is -0.144. The first kappa shape index (κ1) is 29.9. The van der Waals surface area contributed by atoms with Gasteiger partial charge in [0, 0.05) is 33.1 Å². The molecule has 5 unspecified atom stereocenters. The minimum atomic E-state index is -0.696. The summed E-state index contributed by atoms with van der Waals surface area (Å²) in [4.78, 5) is 33.5. The summed E-state index contributed by atoms with van der Waals surface area (Å²) < 4.78 is 0. The summed E-state index contributed by atoms with van der Waals surface area (Å²) in [5.41, 5.74) is 1.53.